The molecule has 1 unspecified atom stereocenters. The topological polar surface area (TPSA) is 91.4 Å². The Morgan fingerprint density at radius 1 is 1.17 bits per heavy atom. The van der Waals surface area contributed by atoms with Crippen LogP contribution in [-0.4, -0.2) is 39.6 Å². The third kappa shape index (κ3) is 3.61. The molecule has 6 heteroatoms. The highest BCUT2D eigenvalue weighted by Crippen LogP contribution is 2.25. The van der Waals surface area contributed by atoms with Gasteiger partial charge >= 0.3 is 0 Å². The van der Waals surface area contributed by atoms with Crippen LogP contribution in [0.25, 0.3) is 22.8 Å². The average Bonchev–Trinajstić information content (AvgIpc) is 3.10. The molecular weight excluding hydrogens is 306 g/mol. The Labute approximate surface area is 139 Å². The highest BCUT2D eigenvalue weighted by molar-refractivity contribution is 5.65. The first-order valence-corrected chi connectivity index (χ1v) is 7.70. The predicted molar refractivity (Wildman–Crippen MR) is 91.5 cm³/mol. The maximum absolute atomic E-state index is 9.41. The number of aliphatic hydroxyl groups is 2. The van der Waals surface area contributed by atoms with E-state index in [1.54, 1.807) is 0 Å². The Balaban J connectivity index is 1.81. The molecule has 1 atom stereocenters. The first-order chi connectivity index (χ1) is 11.7. The van der Waals surface area contributed by atoms with Crippen molar-refractivity contribution in [3.8, 4) is 22.8 Å². The van der Waals surface area contributed by atoms with Gasteiger partial charge in [-0.15, -0.1) is 0 Å². The SMILES string of the molecule is Cc1ccccc1-c1noc(-c2cccc(NCC(O)CO)c2)n1. The Kier molecular flexibility index (Phi) is 4.88. The molecule has 1 aromatic heterocycles. The van der Waals surface area contributed by atoms with Crippen LogP contribution in [0.5, 0.6) is 0 Å². The molecule has 0 radical (unpaired) electrons. The lowest BCUT2D eigenvalue weighted by atomic mass is 10.1. The summed E-state index contributed by atoms with van der Waals surface area (Å²) in [5.74, 6) is 0.983. The van der Waals surface area contributed by atoms with Gasteiger partial charge in [-0.1, -0.05) is 35.5 Å². The Morgan fingerprint density at radius 3 is 2.79 bits per heavy atom. The second-order valence-corrected chi connectivity index (χ2v) is 5.54. The highest BCUT2D eigenvalue weighted by Gasteiger charge is 2.12. The van der Waals surface area contributed by atoms with E-state index in [9.17, 15) is 5.11 Å². The van der Waals surface area contributed by atoms with E-state index in [-0.39, 0.29) is 13.2 Å². The molecule has 2 aromatic carbocycles. The van der Waals surface area contributed by atoms with Crippen LogP contribution in [0.3, 0.4) is 0 Å². The van der Waals surface area contributed by atoms with Gasteiger partial charge in [0, 0.05) is 23.4 Å². The summed E-state index contributed by atoms with van der Waals surface area (Å²) < 4.78 is 5.38. The van der Waals surface area contributed by atoms with Gasteiger partial charge < -0.3 is 20.1 Å². The largest absolute Gasteiger partial charge is 0.394 e. The van der Waals surface area contributed by atoms with E-state index in [1.807, 2.05) is 55.5 Å². The zero-order chi connectivity index (χ0) is 16.9. The number of benzene rings is 2. The molecule has 0 fully saturated rings. The molecule has 1 heterocycles. The zero-order valence-electron chi connectivity index (χ0n) is 13.3. The summed E-state index contributed by atoms with van der Waals surface area (Å²) in [5.41, 5.74) is 3.60. The monoisotopic (exact) mass is 325 g/mol. The molecule has 0 spiro atoms. The van der Waals surface area contributed by atoms with Gasteiger partial charge in [-0.25, -0.2) is 0 Å². The molecule has 0 aliphatic carbocycles. The van der Waals surface area contributed by atoms with Crippen molar-refractivity contribution in [2.75, 3.05) is 18.5 Å². The van der Waals surface area contributed by atoms with Gasteiger partial charge in [0.15, 0.2) is 0 Å². The van der Waals surface area contributed by atoms with Crippen molar-refractivity contribution < 1.29 is 14.7 Å². The third-order valence-corrected chi connectivity index (χ3v) is 3.67. The van der Waals surface area contributed by atoms with Gasteiger partial charge in [-0.05, 0) is 30.7 Å². The molecule has 0 saturated heterocycles. The van der Waals surface area contributed by atoms with Crippen molar-refractivity contribution in [2.45, 2.75) is 13.0 Å². The van der Waals surface area contributed by atoms with E-state index in [1.165, 1.54) is 0 Å². The molecule has 124 valence electrons. The number of nitrogens with zero attached hydrogens (tertiary/aromatic N) is 2. The quantitative estimate of drug-likeness (QED) is 0.645. The van der Waals surface area contributed by atoms with Crippen LogP contribution in [0.15, 0.2) is 53.1 Å². The van der Waals surface area contributed by atoms with Crippen LogP contribution in [0.4, 0.5) is 5.69 Å². The van der Waals surface area contributed by atoms with Gasteiger partial charge in [0.1, 0.15) is 0 Å². The summed E-state index contributed by atoms with van der Waals surface area (Å²) in [4.78, 5) is 4.47. The summed E-state index contributed by atoms with van der Waals surface area (Å²) in [6, 6.07) is 15.3. The summed E-state index contributed by atoms with van der Waals surface area (Å²) >= 11 is 0. The van der Waals surface area contributed by atoms with Crippen LogP contribution >= 0.6 is 0 Å². The molecule has 24 heavy (non-hydrogen) atoms. The maximum Gasteiger partial charge on any atom is 0.258 e. The zero-order valence-corrected chi connectivity index (χ0v) is 13.3. The van der Waals surface area contributed by atoms with Crippen LogP contribution in [-0.2, 0) is 0 Å². The molecule has 0 amide bonds. The first kappa shape index (κ1) is 16.2. The van der Waals surface area contributed by atoms with E-state index in [2.05, 4.69) is 15.5 Å². The lowest BCUT2D eigenvalue weighted by Gasteiger charge is -2.10. The second-order valence-electron chi connectivity index (χ2n) is 5.54. The van der Waals surface area contributed by atoms with Crippen LogP contribution in [0.1, 0.15) is 5.56 Å². The van der Waals surface area contributed by atoms with Crippen molar-refractivity contribution in [2.24, 2.45) is 0 Å². The molecule has 6 nitrogen and oxygen atoms in total. The van der Waals surface area contributed by atoms with E-state index < -0.39 is 6.10 Å². The molecule has 0 bridgehead atoms. The standard InChI is InChI=1S/C18H19N3O3/c1-12-5-2-3-8-16(12)17-20-18(24-21-17)13-6-4-7-14(9-13)19-10-15(23)11-22/h2-9,15,19,22-23H,10-11H2,1H3. The summed E-state index contributed by atoms with van der Waals surface area (Å²) in [5, 5.41) is 25.4. The fraction of sp³-hybridized carbons (Fsp3) is 0.222. The van der Waals surface area contributed by atoms with E-state index in [4.69, 9.17) is 9.63 Å². The summed E-state index contributed by atoms with van der Waals surface area (Å²) in [6.07, 6.45) is -0.801. The van der Waals surface area contributed by atoms with Gasteiger partial charge in [-0.3, -0.25) is 0 Å². The first-order valence-electron chi connectivity index (χ1n) is 7.70. The minimum Gasteiger partial charge on any atom is -0.394 e. The van der Waals surface area contributed by atoms with Crippen molar-refractivity contribution in [1.82, 2.24) is 10.1 Å². The van der Waals surface area contributed by atoms with E-state index in [0.717, 1.165) is 22.4 Å². The summed E-state index contributed by atoms with van der Waals surface area (Å²) in [6.45, 7) is 1.98. The number of rotatable bonds is 6. The summed E-state index contributed by atoms with van der Waals surface area (Å²) in [7, 11) is 0. The molecule has 0 saturated carbocycles. The minimum absolute atomic E-state index is 0.262. The molecule has 0 aliphatic rings. The minimum atomic E-state index is -0.801. The van der Waals surface area contributed by atoms with Gasteiger partial charge in [0.05, 0.1) is 12.7 Å². The normalized spacial score (nSPS) is 12.1. The van der Waals surface area contributed by atoms with Gasteiger partial charge in [0.25, 0.3) is 5.89 Å². The van der Waals surface area contributed by atoms with Crippen molar-refractivity contribution in [3.63, 3.8) is 0 Å². The Bertz CT molecular complexity index is 817. The number of hydrogen-bond donors (Lipinski definition) is 3. The van der Waals surface area contributed by atoms with Crippen LogP contribution in [0.2, 0.25) is 0 Å². The predicted octanol–water partition coefficient (Wildman–Crippen LogP) is 2.48. The van der Waals surface area contributed by atoms with Crippen LogP contribution < -0.4 is 5.32 Å². The average molecular weight is 325 g/mol. The highest BCUT2D eigenvalue weighted by atomic mass is 16.5. The fourth-order valence-corrected chi connectivity index (χ4v) is 2.34. The van der Waals surface area contributed by atoms with E-state index >= 15 is 0 Å². The smallest absolute Gasteiger partial charge is 0.258 e. The molecular formula is C18H19N3O3. The van der Waals surface area contributed by atoms with Gasteiger partial charge in [-0.2, -0.15) is 4.98 Å². The Hall–Kier alpha value is -2.70. The molecule has 3 N–H and O–H groups in total. The number of aliphatic hydroxyl groups excluding tert-OH is 2. The molecule has 3 rings (SSSR count). The number of hydrogen-bond acceptors (Lipinski definition) is 6. The Morgan fingerprint density at radius 2 is 2.00 bits per heavy atom. The third-order valence-electron chi connectivity index (χ3n) is 3.67. The maximum atomic E-state index is 9.41. The van der Waals surface area contributed by atoms with Crippen molar-refractivity contribution in [3.05, 3.63) is 54.1 Å². The van der Waals surface area contributed by atoms with Crippen molar-refractivity contribution in [1.29, 1.82) is 0 Å². The van der Waals surface area contributed by atoms with E-state index in [0.29, 0.717) is 11.7 Å². The molecule has 3 aromatic rings. The lowest BCUT2D eigenvalue weighted by Crippen LogP contribution is -2.22. The second kappa shape index (κ2) is 7.25. The lowest BCUT2D eigenvalue weighted by molar-refractivity contribution is 0.105. The van der Waals surface area contributed by atoms with Crippen molar-refractivity contribution >= 4 is 5.69 Å². The number of aryl methyl sites for hydroxylation is 1. The van der Waals surface area contributed by atoms with Crippen LogP contribution in [0, 0.1) is 6.92 Å². The molecule has 0 aliphatic heterocycles. The number of aromatic nitrogens is 2. The number of anilines is 1. The van der Waals surface area contributed by atoms with Gasteiger partial charge in [0.2, 0.25) is 5.82 Å². The number of nitrogens with one attached hydrogen (secondary N) is 1. The fourth-order valence-electron chi connectivity index (χ4n) is 2.34.